The molecule has 7 heteroatoms. The largest absolute Gasteiger partial charge is 0.356 e. The molecule has 166 valence electrons. The predicted octanol–water partition coefficient (Wildman–Crippen LogP) is 3.20. The molecule has 1 aromatic heterocycles. The highest BCUT2D eigenvalue weighted by Crippen LogP contribution is 2.22. The van der Waals surface area contributed by atoms with E-state index in [9.17, 15) is 4.79 Å². The van der Waals surface area contributed by atoms with Gasteiger partial charge in [-0.15, -0.1) is 0 Å². The van der Waals surface area contributed by atoms with Crippen molar-refractivity contribution in [2.24, 2.45) is 4.99 Å². The zero-order valence-corrected chi connectivity index (χ0v) is 18.7. The molecule has 2 aromatic carbocycles. The first kappa shape index (κ1) is 21.6. The first-order valence-corrected chi connectivity index (χ1v) is 11.0. The van der Waals surface area contributed by atoms with Crippen molar-refractivity contribution in [2.75, 3.05) is 20.6 Å². The van der Waals surface area contributed by atoms with E-state index in [-0.39, 0.29) is 5.91 Å². The lowest BCUT2D eigenvalue weighted by Gasteiger charge is -2.21. The lowest BCUT2D eigenvalue weighted by atomic mass is 10.1. The third-order valence-electron chi connectivity index (χ3n) is 5.69. The molecule has 1 aliphatic heterocycles. The smallest absolute Gasteiger partial charge is 0.223 e. The average Bonchev–Trinajstić information content (AvgIpc) is 3.46. The fourth-order valence-corrected chi connectivity index (χ4v) is 4.00. The molecule has 0 radical (unpaired) electrons. The van der Waals surface area contributed by atoms with Gasteiger partial charge in [-0.25, -0.2) is 4.68 Å². The summed E-state index contributed by atoms with van der Waals surface area (Å²) in [6.07, 6.45) is 5.21. The quantitative estimate of drug-likeness (QED) is 0.355. The van der Waals surface area contributed by atoms with Gasteiger partial charge in [0, 0.05) is 58.5 Å². The number of nitrogens with one attached hydrogen (secondary N) is 1. The summed E-state index contributed by atoms with van der Waals surface area (Å²) >= 11 is 0. The summed E-state index contributed by atoms with van der Waals surface area (Å²) < 4.78 is 1.88. The maximum Gasteiger partial charge on any atom is 0.223 e. The van der Waals surface area contributed by atoms with Gasteiger partial charge in [-0.3, -0.25) is 9.79 Å². The highest BCUT2D eigenvalue weighted by molar-refractivity contribution is 5.80. The maximum atomic E-state index is 12.6. The number of fused-ring (bicyclic) bond motifs is 1. The van der Waals surface area contributed by atoms with Crippen molar-refractivity contribution < 1.29 is 4.79 Å². The first-order chi connectivity index (χ1) is 15.6. The lowest BCUT2D eigenvalue weighted by molar-refractivity contribution is -0.131. The molecule has 0 saturated heterocycles. The summed E-state index contributed by atoms with van der Waals surface area (Å²) in [5.41, 5.74) is 4.66. The summed E-state index contributed by atoms with van der Waals surface area (Å²) in [6.45, 7) is 2.84. The van der Waals surface area contributed by atoms with Crippen LogP contribution < -0.4 is 5.32 Å². The van der Waals surface area contributed by atoms with Gasteiger partial charge in [-0.05, 0) is 29.7 Å². The second-order valence-electron chi connectivity index (χ2n) is 8.08. The van der Waals surface area contributed by atoms with Crippen LogP contribution in [0.25, 0.3) is 5.69 Å². The Balaban J connectivity index is 1.21. The van der Waals surface area contributed by atoms with Crippen LogP contribution in [0, 0.1) is 0 Å². The molecule has 0 spiro atoms. The minimum Gasteiger partial charge on any atom is -0.356 e. The Morgan fingerprint density at radius 2 is 1.78 bits per heavy atom. The summed E-state index contributed by atoms with van der Waals surface area (Å²) in [5, 5.41) is 7.83. The molecular formula is C25H30N6O. The fourth-order valence-electron chi connectivity index (χ4n) is 4.00. The summed E-state index contributed by atoms with van der Waals surface area (Å²) in [7, 11) is 3.78. The van der Waals surface area contributed by atoms with Crippen LogP contribution in [0.5, 0.6) is 0 Å². The zero-order valence-electron chi connectivity index (χ0n) is 18.7. The van der Waals surface area contributed by atoms with E-state index in [1.807, 2.05) is 71.5 Å². The maximum absolute atomic E-state index is 12.6. The molecule has 2 heterocycles. The number of hydrogen-bond donors (Lipinski definition) is 1. The van der Waals surface area contributed by atoms with Gasteiger partial charge >= 0.3 is 0 Å². The van der Waals surface area contributed by atoms with Crippen molar-refractivity contribution in [3.8, 4) is 5.69 Å². The van der Waals surface area contributed by atoms with E-state index >= 15 is 0 Å². The van der Waals surface area contributed by atoms with Crippen LogP contribution >= 0.6 is 0 Å². The summed E-state index contributed by atoms with van der Waals surface area (Å²) in [4.78, 5) is 21.0. The second-order valence-corrected chi connectivity index (χ2v) is 8.08. The Hall–Kier alpha value is -3.61. The number of guanidine groups is 1. The molecule has 1 amide bonds. The van der Waals surface area contributed by atoms with Gasteiger partial charge in [0.25, 0.3) is 0 Å². The molecule has 3 aromatic rings. The molecule has 32 heavy (non-hydrogen) atoms. The van der Waals surface area contributed by atoms with E-state index in [0.717, 1.165) is 36.7 Å². The Morgan fingerprint density at radius 3 is 2.47 bits per heavy atom. The number of hydrogen-bond acceptors (Lipinski definition) is 3. The predicted molar refractivity (Wildman–Crippen MR) is 126 cm³/mol. The molecule has 0 unspecified atom stereocenters. The van der Waals surface area contributed by atoms with Crippen LogP contribution in [0.2, 0.25) is 0 Å². The van der Waals surface area contributed by atoms with Crippen molar-refractivity contribution in [2.45, 2.75) is 32.5 Å². The van der Waals surface area contributed by atoms with Crippen molar-refractivity contribution in [1.29, 1.82) is 0 Å². The third-order valence-corrected chi connectivity index (χ3v) is 5.69. The fraction of sp³-hybridized carbons (Fsp3) is 0.320. The van der Waals surface area contributed by atoms with Gasteiger partial charge in [-0.2, -0.15) is 5.10 Å². The van der Waals surface area contributed by atoms with E-state index < -0.39 is 0 Å². The number of para-hydroxylation sites is 1. The van der Waals surface area contributed by atoms with Gasteiger partial charge in [0.1, 0.15) is 0 Å². The highest BCUT2D eigenvalue weighted by Gasteiger charge is 2.22. The summed E-state index contributed by atoms with van der Waals surface area (Å²) in [6, 6.07) is 18.3. The van der Waals surface area contributed by atoms with Crippen LogP contribution in [-0.4, -0.2) is 52.1 Å². The van der Waals surface area contributed by atoms with Crippen LogP contribution in [0.4, 0.5) is 0 Å². The molecule has 1 N–H and O–H groups in total. The average molecular weight is 431 g/mol. The summed E-state index contributed by atoms with van der Waals surface area (Å²) in [5.74, 6) is 1.01. The minimum atomic E-state index is 0.208. The third kappa shape index (κ3) is 5.17. The number of carbonyl (C=O) groups excluding carboxylic acids is 1. The number of amides is 1. The van der Waals surface area contributed by atoms with Crippen molar-refractivity contribution in [3.63, 3.8) is 0 Å². The topological polar surface area (TPSA) is 65.8 Å². The standard InChI is InChI=1S/C25H30N6O/c1-26-25(29(2)16-20-15-28-31(17-20)23-11-4-3-5-12-23)27-14-8-13-24(32)30-18-21-9-6-7-10-22(21)19-30/h3-7,9-12,15,17H,8,13-14,16,18-19H2,1-2H3,(H,26,27). The Kier molecular flexibility index (Phi) is 6.84. The van der Waals surface area contributed by atoms with Crippen molar-refractivity contribution >= 4 is 11.9 Å². The molecule has 0 saturated carbocycles. The molecule has 0 bridgehead atoms. The second kappa shape index (κ2) is 10.1. The molecule has 7 nitrogen and oxygen atoms in total. The molecule has 4 rings (SSSR count). The molecule has 1 aliphatic rings. The lowest BCUT2D eigenvalue weighted by Crippen LogP contribution is -2.39. The van der Waals surface area contributed by atoms with E-state index in [2.05, 4.69) is 32.4 Å². The number of rotatable bonds is 7. The van der Waals surface area contributed by atoms with Gasteiger partial charge in [0.2, 0.25) is 5.91 Å². The normalized spacial score (nSPS) is 13.2. The molecular weight excluding hydrogens is 400 g/mol. The number of benzene rings is 2. The van der Waals surface area contributed by atoms with E-state index in [1.54, 1.807) is 7.05 Å². The van der Waals surface area contributed by atoms with Gasteiger partial charge < -0.3 is 15.1 Å². The van der Waals surface area contributed by atoms with Gasteiger partial charge in [-0.1, -0.05) is 42.5 Å². The number of aliphatic imine (C=N–C) groups is 1. The number of nitrogens with zero attached hydrogens (tertiary/aromatic N) is 5. The zero-order chi connectivity index (χ0) is 22.3. The number of carbonyl (C=O) groups is 1. The van der Waals surface area contributed by atoms with Crippen LogP contribution in [0.3, 0.4) is 0 Å². The SMILES string of the molecule is CN=C(NCCCC(=O)N1Cc2ccccc2C1)N(C)Cc1cnn(-c2ccccc2)c1. The Labute approximate surface area is 189 Å². The van der Waals surface area contributed by atoms with Gasteiger partial charge in [0.15, 0.2) is 5.96 Å². The molecule has 0 fully saturated rings. The van der Waals surface area contributed by atoms with Gasteiger partial charge in [0.05, 0.1) is 11.9 Å². The van der Waals surface area contributed by atoms with Crippen molar-refractivity contribution in [1.82, 2.24) is 24.9 Å². The molecule has 0 aliphatic carbocycles. The first-order valence-electron chi connectivity index (χ1n) is 11.0. The van der Waals surface area contributed by atoms with Crippen molar-refractivity contribution in [3.05, 3.63) is 83.7 Å². The van der Waals surface area contributed by atoms with Crippen LogP contribution in [0.1, 0.15) is 29.5 Å². The molecule has 0 atom stereocenters. The van der Waals surface area contributed by atoms with E-state index in [4.69, 9.17) is 0 Å². The highest BCUT2D eigenvalue weighted by atomic mass is 16.2. The van der Waals surface area contributed by atoms with Crippen LogP contribution in [0.15, 0.2) is 72.0 Å². The van der Waals surface area contributed by atoms with E-state index in [1.165, 1.54) is 11.1 Å². The Bertz CT molecular complexity index is 1050. The minimum absolute atomic E-state index is 0.208. The number of aromatic nitrogens is 2. The van der Waals surface area contributed by atoms with E-state index in [0.29, 0.717) is 19.5 Å². The monoisotopic (exact) mass is 430 g/mol. The van der Waals surface area contributed by atoms with Crippen LogP contribution in [-0.2, 0) is 24.4 Å². The Morgan fingerprint density at radius 1 is 1.09 bits per heavy atom.